The monoisotopic (exact) mass is 367 g/mol. The topological polar surface area (TPSA) is 101 Å². The Hall–Kier alpha value is -0.960. The summed E-state index contributed by atoms with van der Waals surface area (Å²) in [6, 6.07) is 5.90. The molecule has 0 radical (unpaired) electrons. The number of carbonyl (C=O) groups is 1. The van der Waals surface area contributed by atoms with Gasteiger partial charge in [0.1, 0.15) is 0 Å². The molecule has 0 saturated carbocycles. The summed E-state index contributed by atoms with van der Waals surface area (Å²) >= 11 is 1.64. The Morgan fingerprint density at radius 1 is 1.27 bits per heavy atom. The predicted molar refractivity (Wildman–Crippen MR) is 96.4 cm³/mol. The summed E-state index contributed by atoms with van der Waals surface area (Å²) in [5.41, 5.74) is 6.81. The van der Waals surface area contributed by atoms with Gasteiger partial charge in [-0.25, -0.2) is 8.42 Å². The first kappa shape index (κ1) is 21.0. The molecule has 0 spiro atoms. The van der Waals surface area contributed by atoms with Gasteiger partial charge in [0.2, 0.25) is 15.9 Å². The molecule has 0 saturated heterocycles. The molecule has 0 aliphatic heterocycles. The largest absolute Gasteiger partial charge is 0.325 e. The lowest BCUT2D eigenvalue weighted by molar-refractivity contribution is -0.117. The number of nitrogens with one attached hydrogen (secondary N) is 2. The first-order valence-electron chi connectivity index (χ1n) is 6.54. The van der Waals surface area contributed by atoms with Crippen molar-refractivity contribution in [3.63, 3.8) is 0 Å². The fourth-order valence-electron chi connectivity index (χ4n) is 1.48. The van der Waals surface area contributed by atoms with Crippen molar-refractivity contribution in [2.45, 2.75) is 19.4 Å². The zero-order chi connectivity index (χ0) is 15.9. The van der Waals surface area contributed by atoms with Gasteiger partial charge in [-0.3, -0.25) is 9.52 Å². The van der Waals surface area contributed by atoms with Crippen LogP contribution >= 0.6 is 24.2 Å². The third-order valence-corrected chi connectivity index (χ3v) is 4.73. The van der Waals surface area contributed by atoms with Crippen molar-refractivity contribution in [1.82, 2.24) is 0 Å². The summed E-state index contributed by atoms with van der Waals surface area (Å²) in [6.07, 6.45) is 2.57. The zero-order valence-corrected chi connectivity index (χ0v) is 15.0. The second-order valence-corrected chi connectivity index (χ2v) is 7.46. The standard InChI is InChI=1S/C13H21N3O3S2.ClH/c1-3-21(18,19)16-11-6-4-10(5-7-11)15-13(17)12(14)8-9-20-2;/h4-7,12,16H,3,8-9,14H2,1-2H3,(H,15,17);1H/t12-;/m0./s1. The maximum absolute atomic E-state index is 11.8. The van der Waals surface area contributed by atoms with Gasteiger partial charge < -0.3 is 11.1 Å². The van der Waals surface area contributed by atoms with Gasteiger partial charge in [-0.1, -0.05) is 0 Å². The smallest absolute Gasteiger partial charge is 0.241 e. The molecule has 22 heavy (non-hydrogen) atoms. The molecule has 0 aliphatic carbocycles. The molecule has 0 unspecified atom stereocenters. The van der Waals surface area contributed by atoms with E-state index in [4.69, 9.17) is 5.73 Å². The van der Waals surface area contributed by atoms with Gasteiger partial charge in [0, 0.05) is 11.4 Å². The van der Waals surface area contributed by atoms with Gasteiger partial charge in [-0.05, 0) is 49.6 Å². The van der Waals surface area contributed by atoms with Crippen molar-refractivity contribution < 1.29 is 13.2 Å². The number of nitrogens with two attached hydrogens (primary N) is 1. The quantitative estimate of drug-likeness (QED) is 0.651. The number of halogens is 1. The number of sulfonamides is 1. The molecule has 0 fully saturated rings. The van der Waals surface area contributed by atoms with E-state index in [0.29, 0.717) is 17.8 Å². The third-order valence-electron chi connectivity index (χ3n) is 2.78. The number of anilines is 2. The fourth-order valence-corrected chi connectivity index (χ4v) is 2.61. The average molecular weight is 368 g/mol. The van der Waals surface area contributed by atoms with E-state index < -0.39 is 16.1 Å². The second-order valence-electron chi connectivity index (χ2n) is 4.46. The number of amides is 1. The van der Waals surface area contributed by atoms with Gasteiger partial charge in [-0.15, -0.1) is 12.4 Å². The van der Waals surface area contributed by atoms with Crippen LogP contribution < -0.4 is 15.8 Å². The lowest BCUT2D eigenvalue weighted by Gasteiger charge is -2.12. The van der Waals surface area contributed by atoms with Crippen LogP contribution in [-0.4, -0.2) is 38.1 Å². The van der Waals surface area contributed by atoms with Crippen LogP contribution in [0.1, 0.15) is 13.3 Å². The molecule has 4 N–H and O–H groups in total. The molecule has 0 bridgehead atoms. The normalized spacial score (nSPS) is 12.1. The molecule has 1 aromatic rings. The number of benzene rings is 1. The number of hydrogen-bond acceptors (Lipinski definition) is 5. The average Bonchev–Trinajstić information content (AvgIpc) is 2.46. The number of hydrogen-bond donors (Lipinski definition) is 3. The summed E-state index contributed by atoms with van der Waals surface area (Å²) in [4.78, 5) is 11.8. The highest BCUT2D eigenvalue weighted by Crippen LogP contribution is 2.15. The lowest BCUT2D eigenvalue weighted by atomic mass is 10.2. The Bertz CT molecular complexity index is 564. The Morgan fingerprint density at radius 2 is 1.82 bits per heavy atom. The molecule has 6 nitrogen and oxygen atoms in total. The van der Waals surface area contributed by atoms with Gasteiger partial charge in [0.15, 0.2) is 0 Å². The summed E-state index contributed by atoms with van der Waals surface area (Å²) in [5.74, 6) is 0.591. The first-order chi connectivity index (χ1) is 9.88. The minimum Gasteiger partial charge on any atom is -0.325 e. The van der Waals surface area contributed by atoms with Crippen molar-refractivity contribution in [3.8, 4) is 0 Å². The molecule has 1 atom stereocenters. The maximum atomic E-state index is 11.8. The molecule has 1 amide bonds. The first-order valence-corrected chi connectivity index (χ1v) is 9.58. The van der Waals surface area contributed by atoms with Crippen molar-refractivity contribution in [3.05, 3.63) is 24.3 Å². The van der Waals surface area contributed by atoms with E-state index in [9.17, 15) is 13.2 Å². The van der Waals surface area contributed by atoms with Crippen LogP contribution in [-0.2, 0) is 14.8 Å². The van der Waals surface area contributed by atoms with Crippen LogP contribution in [0.3, 0.4) is 0 Å². The number of carbonyl (C=O) groups excluding carboxylic acids is 1. The Balaban J connectivity index is 0.00000441. The predicted octanol–water partition coefficient (Wildman–Crippen LogP) is 1.89. The van der Waals surface area contributed by atoms with E-state index in [1.807, 2.05) is 6.26 Å². The van der Waals surface area contributed by atoms with E-state index in [1.54, 1.807) is 43.0 Å². The van der Waals surface area contributed by atoms with Gasteiger partial charge in [0.25, 0.3) is 0 Å². The molecule has 0 aromatic heterocycles. The Kier molecular flexibility index (Phi) is 9.50. The van der Waals surface area contributed by atoms with Crippen LogP contribution in [0.4, 0.5) is 11.4 Å². The van der Waals surface area contributed by atoms with Crippen LogP contribution in [0.25, 0.3) is 0 Å². The van der Waals surface area contributed by atoms with Crippen LogP contribution in [0.5, 0.6) is 0 Å². The second kappa shape index (κ2) is 9.94. The van der Waals surface area contributed by atoms with Gasteiger partial charge in [-0.2, -0.15) is 11.8 Å². The maximum Gasteiger partial charge on any atom is 0.241 e. The lowest BCUT2D eigenvalue weighted by Crippen LogP contribution is -2.36. The highest BCUT2D eigenvalue weighted by molar-refractivity contribution is 7.98. The SMILES string of the molecule is CCS(=O)(=O)Nc1ccc(NC(=O)[C@@H](N)CCSC)cc1.Cl. The van der Waals surface area contributed by atoms with Gasteiger partial charge >= 0.3 is 0 Å². The van der Waals surface area contributed by atoms with Crippen molar-refractivity contribution >= 4 is 51.5 Å². The summed E-state index contributed by atoms with van der Waals surface area (Å²) < 4.78 is 25.3. The van der Waals surface area contributed by atoms with Crippen molar-refractivity contribution in [2.24, 2.45) is 5.73 Å². The molecule has 126 valence electrons. The minimum atomic E-state index is -3.29. The van der Waals surface area contributed by atoms with E-state index in [1.165, 1.54) is 0 Å². The van der Waals surface area contributed by atoms with E-state index in [0.717, 1.165) is 5.75 Å². The highest BCUT2D eigenvalue weighted by atomic mass is 35.5. The molecule has 9 heteroatoms. The summed E-state index contributed by atoms with van der Waals surface area (Å²) in [7, 11) is -3.29. The third kappa shape index (κ3) is 7.35. The number of thioether (sulfide) groups is 1. The molecule has 1 rings (SSSR count). The van der Waals surface area contributed by atoms with E-state index in [-0.39, 0.29) is 24.1 Å². The van der Waals surface area contributed by atoms with Crippen molar-refractivity contribution in [1.29, 1.82) is 0 Å². The minimum absolute atomic E-state index is 0. The Morgan fingerprint density at radius 3 is 2.32 bits per heavy atom. The zero-order valence-electron chi connectivity index (χ0n) is 12.5. The van der Waals surface area contributed by atoms with Crippen LogP contribution in [0, 0.1) is 0 Å². The fraction of sp³-hybridized carbons (Fsp3) is 0.462. The highest BCUT2D eigenvalue weighted by Gasteiger charge is 2.13. The Labute approximate surface area is 142 Å². The molecular weight excluding hydrogens is 346 g/mol. The summed E-state index contributed by atoms with van der Waals surface area (Å²) in [5, 5.41) is 2.70. The van der Waals surface area contributed by atoms with Crippen LogP contribution in [0.2, 0.25) is 0 Å². The van der Waals surface area contributed by atoms with E-state index in [2.05, 4.69) is 10.0 Å². The van der Waals surface area contributed by atoms with Crippen molar-refractivity contribution in [2.75, 3.05) is 27.8 Å². The molecule has 1 aromatic carbocycles. The summed E-state index contributed by atoms with van der Waals surface area (Å²) in [6.45, 7) is 1.56. The molecule has 0 heterocycles. The molecular formula is C13H22ClN3O3S2. The number of rotatable bonds is 8. The van der Waals surface area contributed by atoms with Crippen LogP contribution in [0.15, 0.2) is 24.3 Å². The molecule has 0 aliphatic rings. The van der Waals surface area contributed by atoms with Gasteiger partial charge in [0.05, 0.1) is 11.8 Å². The van der Waals surface area contributed by atoms with E-state index >= 15 is 0 Å².